The van der Waals surface area contributed by atoms with Gasteiger partial charge in [0.1, 0.15) is 11.6 Å². The average molecular weight is 269 g/mol. The summed E-state index contributed by atoms with van der Waals surface area (Å²) in [7, 11) is 1.80. The van der Waals surface area contributed by atoms with Gasteiger partial charge in [0, 0.05) is 12.1 Å². The summed E-state index contributed by atoms with van der Waals surface area (Å²) in [5.74, 6) is -1.08. The molecule has 2 aromatic rings. The molecule has 1 aromatic heterocycles. The van der Waals surface area contributed by atoms with E-state index in [4.69, 9.17) is 0 Å². The second kappa shape index (κ2) is 5.49. The normalized spacial score (nSPS) is 12.7. The van der Waals surface area contributed by atoms with E-state index in [0.717, 1.165) is 16.6 Å². The molecule has 1 heterocycles. The zero-order valence-corrected chi connectivity index (χ0v) is 10.9. The zero-order valence-electron chi connectivity index (χ0n) is 10.1. The number of rotatable bonds is 4. The van der Waals surface area contributed by atoms with Gasteiger partial charge in [0.25, 0.3) is 0 Å². The number of likely N-dealkylation sites (N-methyl/N-ethyl adjacent to an activating group) is 1. The number of nitrogens with zero attached hydrogens (tertiary/aromatic N) is 2. The van der Waals surface area contributed by atoms with Crippen LogP contribution in [0.1, 0.15) is 22.2 Å². The first-order chi connectivity index (χ1) is 8.61. The van der Waals surface area contributed by atoms with Crippen molar-refractivity contribution in [2.45, 2.75) is 19.4 Å². The second-order valence-corrected chi connectivity index (χ2v) is 4.79. The van der Waals surface area contributed by atoms with Gasteiger partial charge in [-0.05, 0) is 43.6 Å². The van der Waals surface area contributed by atoms with E-state index in [0.29, 0.717) is 12.0 Å². The van der Waals surface area contributed by atoms with E-state index in [1.54, 1.807) is 7.05 Å². The topological polar surface area (TPSA) is 37.8 Å². The molecule has 1 atom stereocenters. The quantitative estimate of drug-likeness (QED) is 0.927. The summed E-state index contributed by atoms with van der Waals surface area (Å²) in [4.78, 5) is 0.973. The highest BCUT2D eigenvalue weighted by molar-refractivity contribution is 7.05. The monoisotopic (exact) mass is 269 g/mol. The average Bonchev–Trinajstić information content (AvgIpc) is 2.75. The van der Waals surface area contributed by atoms with E-state index in [1.165, 1.54) is 23.7 Å². The minimum Gasteiger partial charge on any atom is -0.312 e. The van der Waals surface area contributed by atoms with Crippen LogP contribution in [0.25, 0.3) is 0 Å². The van der Waals surface area contributed by atoms with Gasteiger partial charge in [0.15, 0.2) is 0 Å². The molecule has 0 fully saturated rings. The maximum Gasteiger partial charge on any atom is 0.129 e. The van der Waals surface area contributed by atoms with Gasteiger partial charge in [-0.3, -0.25) is 0 Å². The standard InChI is InChI=1S/C12H13F2N3S/c1-7-12(18-17-16-7)11(15-2)5-8-3-4-9(13)6-10(8)14/h3-4,6,11,15H,5H2,1-2H3. The van der Waals surface area contributed by atoms with Crippen molar-refractivity contribution in [3.63, 3.8) is 0 Å². The molecule has 3 nitrogen and oxygen atoms in total. The lowest BCUT2D eigenvalue weighted by Crippen LogP contribution is -2.19. The Morgan fingerprint density at radius 2 is 2.17 bits per heavy atom. The lowest BCUT2D eigenvalue weighted by Gasteiger charge is -2.15. The van der Waals surface area contributed by atoms with Crippen molar-refractivity contribution in [3.05, 3.63) is 46.0 Å². The minimum atomic E-state index is -0.562. The van der Waals surface area contributed by atoms with Gasteiger partial charge in [-0.25, -0.2) is 8.78 Å². The van der Waals surface area contributed by atoms with E-state index in [-0.39, 0.29) is 6.04 Å². The first kappa shape index (κ1) is 13.0. The fourth-order valence-corrected chi connectivity index (χ4v) is 2.54. The van der Waals surface area contributed by atoms with Gasteiger partial charge >= 0.3 is 0 Å². The summed E-state index contributed by atoms with van der Waals surface area (Å²) in [5, 5.41) is 7.04. The van der Waals surface area contributed by atoms with Crippen LogP contribution in [0.15, 0.2) is 18.2 Å². The molecule has 1 aromatic carbocycles. The molecule has 18 heavy (non-hydrogen) atoms. The lowest BCUT2D eigenvalue weighted by atomic mass is 10.0. The summed E-state index contributed by atoms with van der Waals surface area (Å²) >= 11 is 1.29. The highest BCUT2D eigenvalue weighted by Crippen LogP contribution is 2.24. The van der Waals surface area contributed by atoms with Crippen LogP contribution < -0.4 is 5.32 Å². The fraction of sp³-hybridized carbons (Fsp3) is 0.333. The maximum atomic E-state index is 13.6. The van der Waals surface area contributed by atoms with Crippen LogP contribution in [-0.4, -0.2) is 16.6 Å². The van der Waals surface area contributed by atoms with Crippen LogP contribution in [0.3, 0.4) is 0 Å². The van der Waals surface area contributed by atoms with Crippen molar-refractivity contribution in [1.29, 1.82) is 0 Å². The third-order valence-corrected chi connectivity index (χ3v) is 3.73. The van der Waals surface area contributed by atoms with Crippen molar-refractivity contribution in [2.75, 3.05) is 7.05 Å². The number of hydrogen-bond donors (Lipinski definition) is 1. The van der Waals surface area contributed by atoms with Crippen LogP contribution >= 0.6 is 11.5 Å². The number of nitrogens with one attached hydrogen (secondary N) is 1. The van der Waals surface area contributed by atoms with Gasteiger partial charge in [0.05, 0.1) is 10.6 Å². The Bertz CT molecular complexity index is 542. The second-order valence-electron chi connectivity index (χ2n) is 4.00. The maximum absolute atomic E-state index is 13.6. The molecule has 0 aliphatic rings. The van der Waals surface area contributed by atoms with E-state index in [9.17, 15) is 8.78 Å². The Labute approximate surface area is 108 Å². The van der Waals surface area contributed by atoms with Crippen LogP contribution in [0.2, 0.25) is 0 Å². The third kappa shape index (κ3) is 2.70. The Morgan fingerprint density at radius 3 is 2.72 bits per heavy atom. The molecule has 6 heteroatoms. The van der Waals surface area contributed by atoms with Crippen LogP contribution in [-0.2, 0) is 6.42 Å². The number of aromatic nitrogens is 2. The molecule has 0 saturated carbocycles. The Hall–Kier alpha value is -1.40. The molecule has 0 spiro atoms. The first-order valence-electron chi connectivity index (χ1n) is 5.52. The molecule has 2 rings (SSSR count). The van der Waals surface area contributed by atoms with Crippen LogP contribution in [0.4, 0.5) is 8.78 Å². The molecule has 0 saturated heterocycles. The first-order valence-corrected chi connectivity index (χ1v) is 6.29. The summed E-state index contributed by atoms with van der Waals surface area (Å²) in [5.41, 5.74) is 1.31. The van der Waals surface area contributed by atoms with E-state index < -0.39 is 11.6 Å². The SMILES string of the molecule is CNC(Cc1ccc(F)cc1F)c1snnc1C. The lowest BCUT2D eigenvalue weighted by molar-refractivity contribution is 0.543. The highest BCUT2D eigenvalue weighted by atomic mass is 32.1. The van der Waals surface area contributed by atoms with Crippen LogP contribution in [0, 0.1) is 18.6 Å². The zero-order chi connectivity index (χ0) is 13.1. The summed E-state index contributed by atoms with van der Waals surface area (Å²) in [6, 6.07) is 3.58. The summed E-state index contributed by atoms with van der Waals surface area (Å²) in [6.07, 6.45) is 0.438. The number of halogens is 2. The molecule has 0 aliphatic heterocycles. The predicted octanol–water partition coefficient (Wildman–Crippen LogP) is 2.63. The van der Waals surface area contributed by atoms with E-state index in [2.05, 4.69) is 14.9 Å². The number of aryl methyl sites for hydroxylation is 1. The minimum absolute atomic E-state index is 0.0649. The summed E-state index contributed by atoms with van der Waals surface area (Å²) < 4.78 is 30.3. The van der Waals surface area contributed by atoms with Crippen molar-refractivity contribution >= 4 is 11.5 Å². The largest absolute Gasteiger partial charge is 0.312 e. The van der Waals surface area contributed by atoms with Crippen molar-refractivity contribution in [2.24, 2.45) is 0 Å². The van der Waals surface area contributed by atoms with Gasteiger partial charge in [0.2, 0.25) is 0 Å². The Morgan fingerprint density at radius 1 is 1.39 bits per heavy atom. The molecule has 96 valence electrons. The molecule has 0 radical (unpaired) electrons. The molecule has 1 unspecified atom stereocenters. The van der Waals surface area contributed by atoms with E-state index in [1.807, 2.05) is 6.92 Å². The molecular weight excluding hydrogens is 256 g/mol. The van der Waals surface area contributed by atoms with Gasteiger partial charge in [-0.1, -0.05) is 10.6 Å². The molecule has 0 amide bonds. The van der Waals surface area contributed by atoms with Crippen molar-refractivity contribution < 1.29 is 8.78 Å². The van der Waals surface area contributed by atoms with Gasteiger partial charge in [-0.2, -0.15) is 0 Å². The summed E-state index contributed by atoms with van der Waals surface area (Å²) in [6.45, 7) is 1.87. The Balaban J connectivity index is 2.23. The molecular formula is C12H13F2N3S. The highest BCUT2D eigenvalue weighted by Gasteiger charge is 2.17. The molecule has 0 aliphatic carbocycles. The van der Waals surface area contributed by atoms with Gasteiger partial charge < -0.3 is 5.32 Å². The molecule has 0 bridgehead atoms. The van der Waals surface area contributed by atoms with Crippen LogP contribution in [0.5, 0.6) is 0 Å². The molecule has 1 N–H and O–H groups in total. The number of hydrogen-bond acceptors (Lipinski definition) is 4. The van der Waals surface area contributed by atoms with E-state index >= 15 is 0 Å². The number of benzene rings is 1. The van der Waals surface area contributed by atoms with Gasteiger partial charge in [-0.15, -0.1) is 5.10 Å². The fourth-order valence-electron chi connectivity index (χ4n) is 1.79. The third-order valence-electron chi connectivity index (χ3n) is 2.79. The van der Waals surface area contributed by atoms with Crippen molar-refractivity contribution in [3.8, 4) is 0 Å². The Kier molecular flexibility index (Phi) is 3.98. The van der Waals surface area contributed by atoms with Crippen molar-refractivity contribution in [1.82, 2.24) is 14.9 Å². The smallest absolute Gasteiger partial charge is 0.129 e. The predicted molar refractivity (Wildman–Crippen MR) is 66.5 cm³/mol.